The number of hydrogen-bond donors (Lipinski definition) is 1. The van der Waals surface area contributed by atoms with Gasteiger partial charge in [0.15, 0.2) is 0 Å². The van der Waals surface area contributed by atoms with E-state index in [4.69, 9.17) is 0 Å². The summed E-state index contributed by atoms with van der Waals surface area (Å²) in [5.74, 6) is 0.920. The topological polar surface area (TPSA) is 12.0 Å². The summed E-state index contributed by atoms with van der Waals surface area (Å²) >= 11 is 3.52. The Kier molecular flexibility index (Phi) is 3.81. The van der Waals surface area contributed by atoms with Gasteiger partial charge < -0.3 is 5.32 Å². The quantitative estimate of drug-likeness (QED) is 0.863. The summed E-state index contributed by atoms with van der Waals surface area (Å²) in [7, 11) is 0. The maximum Gasteiger partial charge on any atom is 0.0178 e. The Morgan fingerprint density at radius 2 is 2.27 bits per heavy atom. The largest absolute Gasteiger partial charge is 0.314 e. The lowest BCUT2D eigenvalue weighted by Crippen LogP contribution is -2.32. The fourth-order valence-electron chi connectivity index (χ4n) is 2.08. The van der Waals surface area contributed by atoms with Gasteiger partial charge in [0, 0.05) is 10.5 Å². The second kappa shape index (κ2) is 5.13. The summed E-state index contributed by atoms with van der Waals surface area (Å²) in [4.78, 5) is 0. The van der Waals surface area contributed by atoms with Gasteiger partial charge in [-0.05, 0) is 49.4 Å². The van der Waals surface area contributed by atoms with Crippen molar-refractivity contribution >= 4 is 15.9 Å². The first-order chi connectivity index (χ1) is 7.29. The normalized spacial score (nSPS) is 17.7. The highest BCUT2D eigenvalue weighted by atomic mass is 79.9. The lowest BCUT2D eigenvalue weighted by molar-refractivity contribution is 0.472. The Labute approximate surface area is 100 Å². The third-order valence-corrected chi connectivity index (χ3v) is 3.50. The van der Waals surface area contributed by atoms with E-state index in [1.807, 2.05) is 0 Å². The number of benzene rings is 1. The van der Waals surface area contributed by atoms with Crippen molar-refractivity contribution < 1.29 is 0 Å². The molecular formula is C13H18BrN. The molecule has 0 amide bonds. The third-order valence-electron chi connectivity index (χ3n) is 3.00. The van der Waals surface area contributed by atoms with E-state index in [0.717, 1.165) is 18.9 Å². The Morgan fingerprint density at radius 1 is 1.47 bits per heavy atom. The molecule has 1 aromatic rings. The molecule has 1 N–H and O–H groups in total. The van der Waals surface area contributed by atoms with Crippen LogP contribution in [0.25, 0.3) is 0 Å². The summed E-state index contributed by atoms with van der Waals surface area (Å²) in [6.45, 7) is 3.27. The standard InChI is InChI=1S/C13H18BrN/c1-2-15-13(11-6-7-11)9-10-4-3-5-12(14)8-10/h3-5,8,11,13,15H,2,6-7,9H2,1H3. The van der Waals surface area contributed by atoms with E-state index in [1.54, 1.807) is 0 Å². The summed E-state index contributed by atoms with van der Waals surface area (Å²) in [6.07, 6.45) is 3.98. The number of nitrogens with one attached hydrogen (secondary N) is 1. The minimum atomic E-state index is 0.685. The van der Waals surface area contributed by atoms with E-state index in [-0.39, 0.29) is 0 Å². The van der Waals surface area contributed by atoms with Crippen molar-refractivity contribution in [3.8, 4) is 0 Å². The number of rotatable bonds is 5. The zero-order chi connectivity index (χ0) is 10.7. The molecule has 1 aromatic carbocycles. The van der Waals surface area contributed by atoms with Gasteiger partial charge >= 0.3 is 0 Å². The van der Waals surface area contributed by atoms with Crippen molar-refractivity contribution in [1.82, 2.24) is 5.32 Å². The van der Waals surface area contributed by atoms with Crippen LogP contribution in [0.15, 0.2) is 28.7 Å². The number of hydrogen-bond acceptors (Lipinski definition) is 1. The Morgan fingerprint density at radius 3 is 2.87 bits per heavy atom. The van der Waals surface area contributed by atoms with E-state index in [9.17, 15) is 0 Å². The number of halogens is 1. The lowest BCUT2D eigenvalue weighted by Gasteiger charge is -2.17. The predicted molar refractivity (Wildman–Crippen MR) is 68.0 cm³/mol. The molecule has 1 atom stereocenters. The van der Waals surface area contributed by atoms with Crippen molar-refractivity contribution in [2.75, 3.05) is 6.54 Å². The minimum Gasteiger partial charge on any atom is -0.314 e. The van der Waals surface area contributed by atoms with Crippen LogP contribution in [0.1, 0.15) is 25.3 Å². The van der Waals surface area contributed by atoms with Gasteiger partial charge in [-0.15, -0.1) is 0 Å². The molecule has 0 aliphatic heterocycles. The molecule has 1 nitrogen and oxygen atoms in total. The third kappa shape index (κ3) is 3.32. The maximum atomic E-state index is 3.60. The van der Waals surface area contributed by atoms with Gasteiger partial charge in [-0.2, -0.15) is 0 Å². The summed E-state index contributed by atoms with van der Waals surface area (Å²) < 4.78 is 1.19. The lowest BCUT2D eigenvalue weighted by atomic mass is 10.0. The molecule has 0 aromatic heterocycles. The highest BCUT2D eigenvalue weighted by molar-refractivity contribution is 9.10. The van der Waals surface area contributed by atoms with Gasteiger partial charge in [-0.25, -0.2) is 0 Å². The van der Waals surface area contributed by atoms with Crippen LogP contribution in [0.5, 0.6) is 0 Å². The average Bonchev–Trinajstić information content (AvgIpc) is 3.00. The van der Waals surface area contributed by atoms with Gasteiger partial charge in [0.1, 0.15) is 0 Å². The fourth-order valence-corrected chi connectivity index (χ4v) is 2.53. The van der Waals surface area contributed by atoms with Crippen LogP contribution in [0, 0.1) is 5.92 Å². The Balaban J connectivity index is 1.98. The van der Waals surface area contributed by atoms with Crippen molar-refractivity contribution in [2.45, 2.75) is 32.2 Å². The van der Waals surface area contributed by atoms with Gasteiger partial charge in [-0.3, -0.25) is 0 Å². The maximum absolute atomic E-state index is 3.60. The van der Waals surface area contributed by atoms with E-state index < -0.39 is 0 Å². The second-order valence-electron chi connectivity index (χ2n) is 4.34. The zero-order valence-corrected chi connectivity index (χ0v) is 10.8. The second-order valence-corrected chi connectivity index (χ2v) is 5.25. The van der Waals surface area contributed by atoms with Crippen molar-refractivity contribution in [3.05, 3.63) is 34.3 Å². The monoisotopic (exact) mass is 267 g/mol. The highest BCUT2D eigenvalue weighted by Crippen LogP contribution is 2.34. The molecule has 2 heteroatoms. The van der Waals surface area contributed by atoms with Crippen LogP contribution >= 0.6 is 15.9 Å². The predicted octanol–water partition coefficient (Wildman–Crippen LogP) is 3.38. The van der Waals surface area contributed by atoms with Gasteiger partial charge in [-0.1, -0.05) is 35.0 Å². The van der Waals surface area contributed by atoms with Gasteiger partial charge in [0.2, 0.25) is 0 Å². The van der Waals surface area contributed by atoms with Crippen LogP contribution in [0.2, 0.25) is 0 Å². The molecule has 0 radical (unpaired) electrons. The van der Waals surface area contributed by atoms with E-state index in [0.29, 0.717) is 6.04 Å². The molecule has 82 valence electrons. The van der Waals surface area contributed by atoms with Crippen LogP contribution in [0.3, 0.4) is 0 Å². The first kappa shape index (κ1) is 11.2. The molecule has 1 fully saturated rings. The van der Waals surface area contributed by atoms with Crippen LogP contribution in [0.4, 0.5) is 0 Å². The molecule has 15 heavy (non-hydrogen) atoms. The summed E-state index contributed by atoms with van der Waals surface area (Å²) in [5.41, 5.74) is 1.43. The Bertz CT molecular complexity index is 320. The molecule has 0 spiro atoms. The molecular weight excluding hydrogens is 250 g/mol. The zero-order valence-electron chi connectivity index (χ0n) is 9.17. The first-order valence-corrected chi connectivity index (χ1v) is 6.56. The van der Waals surface area contributed by atoms with E-state index in [2.05, 4.69) is 52.4 Å². The molecule has 1 saturated carbocycles. The highest BCUT2D eigenvalue weighted by Gasteiger charge is 2.30. The SMILES string of the molecule is CCNC(Cc1cccc(Br)c1)C1CC1. The molecule has 2 rings (SSSR count). The smallest absolute Gasteiger partial charge is 0.0178 e. The van der Waals surface area contributed by atoms with Gasteiger partial charge in [0.25, 0.3) is 0 Å². The van der Waals surface area contributed by atoms with Crippen LogP contribution < -0.4 is 5.32 Å². The van der Waals surface area contributed by atoms with Crippen molar-refractivity contribution in [1.29, 1.82) is 0 Å². The van der Waals surface area contributed by atoms with E-state index in [1.165, 1.54) is 22.9 Å². The molecule has 1 aliphatic rings. The molecule has 0 heterocycles. The molecule has 1 aliphatic carbocycles. The van der Waals surface area contributed by atoms with Crippen molar-refractivity contribution in [3.63, 3.8) is 0 Å². The fraction of sp³-hybridized carbons (Fsp3) is 0.538. The average molecular weight is 268 g/mol. The molecule has 0 bridgehead atoms. The molecule has 0 saturated heterocycles. The van der Waals surface area contributed by atoms with E-state index >= 15 is 0 Å². The number of likely N-dealkylation sites (N-methyl/N-ethyl adjacent to an activating group) is 1. The van der Waals surface area contributed by atoms with Crippen molar-refractivity contribution in [2.24, 2.45) is 5.92 Å². The Hall–Kier alpha value is -0.340. The van der Waals surface area contributed by atoms with Crippen LogP contribution in [-0.4, -0.2) is 12.6 Å². The van der Waals surface area contributed by atoms with Gasteiger partial charge in [0.05, 0.1) is 0 Å². The summed E-state index contributed by atoms with van der Waals surface area (Å²) in [5, 5.41) is 3.60. The van der Waals surface area contributed by atoms with Crippen LogP contribution in [-0.2, 0) is 6.42 Å². The minimum absolute atomic E-state index is 0.685. The first-order valence-electron chi connectivity index (χ1n) is 5.77. The molecule has 1 unspecified atom stereocenters. The summed E-state index contributed by atoms with van der Waals surface area (Å²) in [6, 6.07) is 9.34.